The van der Waals surface area contributed by atoms with Crippen molar-refractivity contribution in [3.63, 3.8) is 0 Å². The maximum Gasteiger partial charge on any atom is 0.235 e. The number of nitrogens with two attached hydrogens (primary N) is 1. The monoisotopic (exact) mass is 296 g/mol. The van der Waals surface area contributed by atoms with Crippen LogP contribution in [0, 0.1) is 0 Å². The molecule has 1 saturated heterocycles. The zero-order chi connectivity index (χ0) is 14.5. The van der Waals surface area contributed by atoms with Crippen LogP contribution in [0.5, 0.6) is 0 Å². The quantitative estimate of drug-likeness (QED) is 0.498. The van der Waals surface area contributed by atoms with Crippen molar-refractivity contribution in [3.8, 4) is 0 Å². The van der Waals surface area contributed by atoms with Crippen molar-refractivity contribution >= 4 is 23.2 Å². The van der Waals surface area contributed by atoms with Gasteiger partial charge in [-0.25, -0.2) is 5.84 Å². The van der Waals surface area contributed by atoms with Gasteiger partial charge in [0.05, 0.1) is 10.7 Å². The molecule has 1 unspecified atom stereocenters. The third kappa shape index (κ3) is 3.62. The molecule has 5 nitrogen and oxygen atoms in total. The Morgan fingerprint density at radius 2 is 2.00 bits per heavy atom. The lowest BCUT2D eigenvalue weighted by atomic mass is 10.1. The molecule has 1 amide bonds. The standard InChI is InChI=1S/C14H21ClN4O/c1-11(10-14(20)17-16)18-6-8-19(9-7-18)13-5-3-2-4-12(13)15/h2-5,11H,6-10,16H2,1H3,(H,17,20). The topological polar surface area (TPSA) is 61.6 Å². The smallest absolute Gasteiger partial charge is 0.235 e. The van der Waals surface area contributed by atoms with E-state index in [1.54, 1.807) is 0 Å². The van der Waals surface area contributed by atoms with Crippen LogP contribution in [0.15, 0.2) is 24.3 Å². The van der Waals surface area contributed by atoms with Gasteiger partial charge in [-0.2, -0.15) is 0 Å². The van der Waals surface area contributed by atoms with Crippen LogP contribution in [0.25, 0.3) is 0 Å². The van der Waals surface area contributed by atoms with Gasteiger partial charge in [0.2, 0.25) is 5.91 Å². The van der Waals surface area contributed by atoms with Crippen molar-refractivity contribution in [2.75, 3.05) is 31.1 Å². The van der Waals surface area contributed by atoms with Crippen LogP contribution in [-0.2, 0) is 4.79 Å². The van der Waals surface area contributed by atoms with Crippen molar-refractivity contribution in [2.24, 2.45) is 5.84 Å². The lowest BCUT2D eigenvalue weighted by molar-refractivity contribution is -0.122. The minimum atomic E-state index is -0.119. The Labute approximate surface area is 124 Å². The summed E-state index contributed by atoms with van der Waals surface area (Å²) < 4.78 is 0. The van der Waals surface area contributed by atoms with E-state index in [1.807, 2.05) is 24.3 Å². The summed E-state index contributed by atoms with van der Waals surface area (Å²) in [6.45, 7) is 5.73. The van der Waals surface area contributed by atoms with E-state index < -0.39 is 0 Å². The number of carbonyl (C=O) groups excluding carboxylic acids is 1. The van der Waals surface area contributed by atoms with Crippen LogP contribution in [0.2, 0.25) is 5.02 Å². The summed E-state index contributed by atoms with van der Waals surface area (Å²) in [5, 5.41) is 0.788. The number of amides is 1. The zero-order valence-corrected chi connectivity index (χ0v) is 12.4. The highest BCUT2D eigenvalue weighted by Crippen LogP contribution is 2.26. The van der Waals surface area contributed by atoms with Crippen molar-refractivity contribution in [1.82, 2.24) is 10.3 Å². The summed E-state index contributed by atoms with van der Waals surface area (Å²) in [6, 6.07) is 8.10. The van der Waals surface area contributed by atoms with E-state index in [0.717, 1.165) is 36.9 Å². The molecule has 1 aliphatic rings. The van der Waals surface area contributed by atoms with E-state index >= 15 is 0 Å². The average Bonchev–Trinajstić information content (AvgIpc) is 2.47. The van der Waals surface area contributed by atoms with Crippen LogP contribution in [0.1, 0.15) is 13.3 Å². The molecule has 1 heterocycles. The maximum atomic E-state index is 11.3. The summed E-state index contributed by atoms with van der Waals surface area (Å²) in [7, 11) is 0. The molecule has 1 fully saturated rings. The Bertz CT molecular complexity index is 460. The lowest BCUT2D eigenvalue weighted by Crippen LogP contribution is -2.50. The van der Waals surface area contributed by atoms with Gasteiger partial charge in [0.15, 0.2) is 0 Å². The van der Waals surface area contributed by atoms with Gasteiger partial charge in [-0.15, -0.1) is 0 Å². The largest absolute Gasteiger partial charge is 0.368 e. The molecule has 3 N–H and O–H groups in total. The Morgan fingerprint density at radius 3 is 2.60 bits per heavy atom. The van der Waals surface area contributed by atoms with Gasteiger partial charge in [-0.1, -0.05) is 23.7 Å². The average molecular weight is 297 g/mol. The summed E-state index contributed by atoms with van der Waals surface area (Å²) in [5.74, 6) is 5.00. The summed E-state index contributed by atoms with van der Waals surface area (Å²) in [6.07, 6.45) is 0.433. The SMILES string of the molecule is CC(CC(=O)NN)N1CCN(c2ccccc2Cl)CC1. The van der Waals surface area contributed by atoms with Gasteiger partial charge in [0, 0.05) is 38.6 Å². The van der Waals surface area contributed by atoms with Crippen molar-refractivity contribution in [2.45, 2.75) is 19.4 Å². The highest BCUT2D eigenvalue weighted by molar-refractivity contribution is 6.33. The minimum absolute atomic E-state index is 0.119. The second-order valence-electron chi connectivity index (χ2n) is 5.10. The number of para-hydroxylation sites is 1. The number of hydrazine groups is 1. The Morgan fingerprint density at radius 1 is 1.35 bits per heavy atom. The second-order valence-corrected chi connectivity index (χ2v) is 5.50. The fraction of sp³-hybridized carbons (Fsp3) is 0.500. The molecule has 1 aliphatic heterocycles. The molecule has 1 aromatic rings. The minimum Gasteiger partial charge on any atom is -0.368 e. The summed E-state index contributed by atoms with van der Waals surface area (Å²) in [5.41, 5.74) is 3.27. The van der Waals surface area contributed by atoms with Crippen LogP contribution in [-0.4, -0.2) is 43.0 Å². The van der Waals surface area contributed by atoms with E-state index in [4.69, 9.17) is 17.4 Å². The molecular weight excluding hydrogens is 276 g/mol. The molecule has 6 heteroatoms. The molecule has 0 saturated carbocycles. The van der Waals surface area contributed by atoms with Gasteiger partial charge in [-0.3, -0.25) is 15.1 Å². The van der Waals surface area contributed by atoms with Crippen molar-refractivity contribution < 1.29 is 4.79 Å². The first-order chi connectivity index (χ1) is 9.61. The van der Waals surface area contributed by atoms with Crippen LogP contribution in [0.3, 0.4) is 0 Å². The Hall–Kier alpha value is -1.30. The van der Waals surface area contributed by atoms with Gasteiger partial charge in [-0.05, 0) is 19.1 Å². The Balaban J connectivity index is 1.89. The van der Waals surface area contributed by atoms with Gasteiger partial charge >= 0.3 is 0 Å². The predicted molar refractivity (Wildman–Crippen MR) is 81.6 cm³/mol. The van der Waals surface area contributed by atoms with E-state index in [2.05, 4.69) is 22.1 Å². The summed E-state index contributed by atoms with van der Waals surface area (Å²) in [4.78, 5) is 15.9. The van der Waals surface area contributed by atoms with Gasteiger partial charge < -0.3 is 4.90 Å². The number of hydrogen-bond donors (Lipinski definition) is 2. The number of halogens is 1. The molecular formula is C14H21ClN4O. The first-order valence-corrected chi connectivity index (χ1v) is 7.22. The highest BCUT2D eigenvalue weighted by atomic mass is 35.5. The van der Waals surface area contributed by atoms with E-state index in [9.17, 15) is 4.79 Å². The molecule has 0 bridgehead atoms. The number of rotatable bonds is 4. The molecule has 0 aromatic heterocycles. The second kappa shape index (κ2) is 6.92. The Kier molecular flexibility index (Phi) is 5.23. The number of piperazine rings is 1. The highest BCUT2D eigenvalue weighted by Gasteiger charge is 2.23. The first kappa shape index (κ1) is 15.1. The maximum absolute atomic E-state index is 11.3. The van der Waals surface area contributed by atoms with E-state index in [0.29, 0.717) is 6.42 Å². The molecule has 0 radical (unpaired) electrons. The number of nitrogens with zero attached hydrogens (tertiary/aromatic N) is 2. The van der Waals surface area contributed by atoms with Crippen LogP contribution < -0.4 is 16.2 Å². The number of anilines is 1. The van der Waals surface area contributed by atoms with Crippen molar-refractivity contribution in [1.29, 1.82) is 0 Å². The van der Waals surface area contributed by atoms with Gasteiger partial charge in [0.25, 0.3) is 0 Å². The molecule has 110 valence electrons. The zero-order valence-electron chi connectivity index (χ0n) is 11.7. The number of carbonyl (C=O) groups is 1. The third-order valence-electron chi connectivity index (χ3n) is 3.77. The molecule has 0 spiro atoms. The molecule has 1 aromatic carbocycles. The first-order valence-electron chi connectivity index (χ1n) is 6.85. The normalized spacial score (nSPS) is 17.9. The molecule has 0 aliphatic carbocycles. The lowest BCUT2D eigenvalue weighted by Gasteiger charge is -2.39. The fourth-order valence-corrected chi connectivity index (χ4v) is 2.82. The molecule has 1 atom stereocenters. The van der Waals surface area contributed by atoms with E-state index in [-0.39, 0.29) is 11.9 Å². The molecule has 2 rings (SSSR count). The predicted octanol–water partition coefficient (Wildman–Crippen LogP) is 1.23. The molecule has 20 heavy (non-hydrogen) atoms. The number of benzene rings is 1. The van der Waals surface area contributed by atoms with Crippen molar-refractivity contribution in [3.05, 3.63) is 29.3 Å². The number of hydrogen-bond acceptors (Lipinski definition) is 4. The third-order valence-corrected chi connectivity index (χ3v) is 4.09. The summed E-state index contributed by atoms with van der Waals surface area (Å²) >= 11 is 6.22. The number of nitrogens with one attached hydrogen (secondary N) is 1. The van der Waals surface area contributed by atoms with E-state index in [1.165, 1.54) is 0 Å². The fourth-order valence-electron chi connectivity index (χ4n) is 2.57. The van der Waals surface area contributed by atoms with Gasteiger partial charge in [0.1, 0.15) is 0 Å². The van der Waals surface area contributed by atoms with Crippen LogP contribution >= 0.6 is 11.6 Å². The van der Waals surface area contributed by atoms with Crippen LogP contribution in [0.4, 0.5) is 5.69 Å².